The van der Waals surface area contributed by atoms with Crippen LogP contribution in [0.1, 0.15) is 44.2 Å². The third-order valence-electron chi connectivity index (χ3n) is 3.98. The summed E-state index contributed by atoms with van der Waals surface area (Å²) in [7, 11) is 0. The average molecular weight is 260 g/mol. The maximum atomic E-state index is 2.58. The summed E-state index contributed by atoms with van der Waals surface area (Å²) >= 11 is 0. The number of aryl methyl sites for hydroxylation is 1. The van der Waals surface area contributed by atoms with Crippen LogP contribution in [-0.4, -0.2) is 36.1 Å². The van der Waals surface area contributed by atoms with Crippen molar-refractivity contribution in [2.75, 3.05) is 26.3 Å². The highest BCUT2D eigenvalue weighted by molar-refractivity contribution is 5.27. The zero-order valence-corrected chi connectivity index (χ0v) is 12.6. The van der Waals surface area contributed by atoms with Crippen LogP contribution in [0.25, 0.3) is 0 Å². The Morgan fingerprint density at radius 3 is 2.42 bits per heavy atom. The van der Waals surface area contributed by atoms with E-state index in [-0.39, 0.29) is 0 Å². The molecule has 1 aliphatic rings. The molecule has 0 bridgehead atoms. The molecule has 0 radical (unpaired) electrons. The van der Waals surface area contributed by atoms with Crippen molar-refractivity contribution in [1.29, 1.82) is 0 Å². The van der Waals surface area contributed by atoms with E-state index in [1.165, 1.54) is 50.9 Å². The molecule has 0 saturated carbocycles. The Morgan fingerprint density at radius 2 is 1.68 bits per heavy atom. The van der Waals surface area contributed by atoms with Crippen LogP contribution in [0, 0.1) is 0 Å². The molecule has 2 nitrogen and oxygen atoms in total. The molecule has 1 aromatic rings. The van der Waals surface area contributed by atoms with Gasteiger partial charge in [0, 0.05) is 19.6 Å². The van der Waals surface area contributed by atoms with E-state index in [1.54, 1.807) is 5.56 Å². The molecule has 0 amide bonds. The van der Waals surface area contributed by atoms with Crippen molar-refractivity contribution in [2.24, 2.45) is 0 Å². The Morgan fingerprint density at radius 1 is 0.947 bits per heavy atom. The van der Waals surface area contributed by atoms with E-state index in [0.717, 1.165) is 13.2 Å². The van der Waals surface area contributed by atoms with E-state index in [2.05, 4.69) is 47.9 Å². The van der Waals surface area contributed by atoms with Gasteiger partial charge in [-0.1, -0.05) is 44.5 Å². The number of hydrogen-bond donors (Lipinski definition) is 0. The predicted octanol–water partition coefficient (Wildman–Crippen LogP) is 3.51. The summed E-state index contributed by atoms with van der Waals surface area (Å²) in [5.74, 6) is 0. The highest BCUT2D eigenvalue weighted by atomic mass is 15.4. The van der Waals surface area contributed by atoms with Crippen molar-refractivity contribution >= 4 is 0 Å². The van der Waals surface area contributed by atoms with Crippen molar-refractivity contribution < 1.29 is 0 Å². The van der Waals surface area contributed by atoms with Gasteiger partial charge in [-0.2, -0.15) is 0 Å². The first kappa shape index (κ1) is 14.5. The van der Waals surface area contributed by atoms with Crippen LogP contribution in [0.2, 0.25) is 0 Å². The molecule has 0 aliphatic carbocycles. The van der Waals surface area contributed by atoms with Crippen molar-refractivity contribution in [3.63, 3.8) is 0 Å². The summed E-state index contributed by atoms with van der Waals surface area (Å²) in [5.41, 5.74) is 3.09. The minimum atomic E-state index is 1.13. The molecule has 0 spiro atoms. The second-order valence-electron chi connectivity index (χ2n) is 5.68. The van der Waals surface area contributed by atoms with Gasteiger partial charge in [0.1, 0.15) is 0 Å². The van der Waals surface area contributed by atoms with Crippen LogP contribution >= 0.6 is 0 Å². The fourth-order valence-corrected chi connectivity index (χ4v) is 2.90. The van der Waals surface area contributed by atoms with Gasteiger partial charge in [-0.05, 0) is 36.9 Å². The molecule has 1 aliphatic heterocycles. The summed E-state index contributed by atoms with van der Waals surface area (Å²) in [4.78, 5) is 5.15. The van der Waals surface area contributed by atoms with E-state index >= 15 is 0 Å². The maximum absolute atomic E-state index is 2.58. The Bertz CT molecular complexity index is 375. The molecular formula is C17H28N2. The number of nitrogens with zero attached hydrogens (tertiary/aromatic N) is 2. The molecule has 1 aromatic carbocycles. The van der Waals surface area contributed by atoms with Crippen molar-refractivity contribution in [3.05, 3.63) is 35.4 Å². The summed E-state index contributed by atoms with van der Waals surface area (Å²) in [6, 6.07) is 8.99. The third-order valence-corrected chi connectivity index (χ3v) is 3.98. The Labute approximate surface area is 118 Å². The Balaban J connectivity index is 1.92. The maximum Gasteiger partial charge on any atom is 0.0510 e. The van der Waals surface area contributed by atoms with Crippen molar-refractivity contribution in [3.8, 4) is 0 Å². The van der Waals surface area contributed by atoms with Crippen molar-refractivity contribution in [1.82, 2.24) is 9.80 Å². The van der Waals surface area contributed by atoms with E-state index in [0.29, 0.717) is 0 Å². The van der Waals surface area contributed by atoms with Crippen LogP contribution in [0.15, 0.2) is 24.3 Å². The Hall–Kier alpha value is -0.860. The van der Waals surface area contributed by atoms with Gasteiger partial charge in [-0.25, -0.2) is 0 Å². The number of hydrogen-bond acceptors (Lipinski definition) is 2. The molecule has 1 fully saturated rings. The lowest BCUT2D eigenvalue weighted by Gasteiger charge is -2.19. The van der Waals surface area contributed by atoms with Gasteiger partial charge in [-0.3, -0.25) is 9.80 Å². The largest absolute Gasteiger partial charge is 0.289 e. The first-order valence-electron chi connectivity index (χ1n) is 7.85. The van der Waals surface area contributed by atoms with Crippen molar-refractivity contribution in [2.45, 2.75) is 46.1 Å². The molecule has 2 rings (SSSR count). The van der Waals surface area contributed by atoms with Gasteiger partial charge < -0.3 is 0 Å². The fourth-order valence-electron chi connectivity index (χ4n) is 2.90. The zero-order chi connectivity index (χ0) is 13.5. The van der Waals surface area contributed by atoms with E-state index in [9.17, 15) is 0 Å². The third kappa shape index (κ3) is 4.32. The second-order valence-corrected chi connectivity index (χ2v) is 5.68. The summed E-state index contributed by atoms with van der Waals surface area (Å²) in [6.45, 7) is 10.5. The molecule has 1 heterocycles. The first-order chi connectivity index (χ1) is 9.33. The quantitative estimate of drug-likeness (QED) is 0.740. The molecule has 2 heteroatoms. The van der Waals surface area contributed by atoms with Gasteiger partial charge >= 0.3 is 0 Å². The van der Waals surface area contributed by atoms with Gasteiger partial charge in [-0.15, -0.1) is 0 Å². The monoisotopic (exact) mass is 260 g/mol. The molecule has 0 atom stereocenters. The Kier molecular flexibility index (Phi) is 5.87. The van der Waals surface area contributed by atoms with Crippen LogP contribution in [0.5, 0.6) is 0 Å². The minimum Gasteiger partial charge on any atom is -0.289 e. The summed E-state index contributed by atoms with van der Waals surface area (Å²) in [5, 5.41) is 0. The SMILES string of the molecule is CCCCc1ccccc1CN1CCN(CCC)C1. The van der Waals surface area contributed by atoms with Gasteiger partial charge in [0.15, 0.2) is 0 Å². The number of rotatable bonds is 7. The predicted molar refractivity (Wildman–Crippen MR) is 82.2 cm³/mol. The van der Waals surface area contributed by atoms with Crippen LogP contribution in [0.4, 0.5) is 0 Å². The van der Waals surface area contributed by atoms with E-state index in [4.69, 9.17) is 0 Å². The lowest BCUT2D eigenvalue weighted by atomic mass is 10.0. The smallest absolute Gasteiger partial charge is 0.0510 e. The lowest BCUT2D eigenvalue weighted by molar-refractivity contribution is 0.240. The van der Waals surface area contributed by atoms with E-state index < -0.39 is 0 Å². The van der Waals surface area contributed by atoms with Gasteiger partial charge in [0.25, 0.3) is 0 Å². The van der Waals surface area contributed by atoms with Gasteiger partial charge in [0.2, 0.25) is 0 Å². The van der Waals surface area contributed by atoms with Crippen LogP contribution in [-0.2, 0) is 13.0 Å². The van der Waals surface area contributed by atoms with Crippen LogP contribution < -0.4 is 0 Å². The molecule has 0 unspecified atom stereocenters. The number of benzene rings is 1. The minimum absolute atomic E-state index is 1.13. The standard InChI is InChI=1S/C17H28N2/c1-3-5-8-16-9-6-7-10-17(16)14-19-13-12-18(15-19)11-4-2/h6-7,9-10H,3-5,8,11-15H2,1-2H3. The topological polar surface area (TPSA) is 6.48 Å². The fraction of sp³-hybridized carbons (Fsp3) is 0.647. The summed E-state index contributed by atoms with van der Waals surface area (Å²) < 4.78 is 0. The average Bonchev–Trinajstić information content (AvgIpc) is 2.86. The number of unbranched alkanes of at least 4 members (excludes halogenated alkanes) is 1. The molecule has 0 N–H and O–H groups in total. The summed E-state index contributed by atoms with van der Waals surface area (Å²) in [6.07, 6.45) is 5.08. The lowest BCUT2D eigenvalue weighted by Crippen LogP contribution is -2.26. The van der Waals surface area contributed by atoms with Crippen LogP contribution in [0.3, 0.4) is 0 Å². The molecule has 106 valence electrons. The highest BCUT2D eigenvalue weighted by Gasteiger charge is 2.19. The molecule has 1 saturated heterocycles. The normalized spacial score (nSPS) is 17.2. The molecule has 0 aromatic heterocycles. The first-order valence-corrected chi connectivity index (χ1v) is 7.85. The highest BCUT2D eigenvalue weighted by Crippen LogP contribution is 2.16. The zero-order valence-electron chi connectivity index (χ0n) is 12.6. The van der Waals surface area contributed by atoms with E-state index in [1.807, 2.05) is 0 Å². The molecular weight excluding hydrogens is 232 g/mol. The molecule has 19 heavy (non-hydrogen) atoms. The van der Waals surface area contributed by atoms with Gasteiger partial charge in [0.05, 0.1) is 6.67 Å². The second kappa shape index (κ2) is 7.66.